The zero-order valence-corrected chi connectivity index (χ0v) is 17.4. The molecule has 0 unspecified atom stereocenters. The first kappa shape index (κ1) is 24.2. The number of hydrogen-bond acceptors (Lipinski definition) is 6. The van der Waals surface area contributed by atoms with Gasteiger partial charge < -0.3 is 24.6 Å². The number of carbonyl (C=O) groups excluding carboxylic acids is 1. The topological polar surface area (TPSA) is 117 Å². The number of aliphatic carboxylic acids is 2. The van der Waals surface area contributed by atoms with E-state index in [1.165, 1.54) is 0 Å². The van der Waals surface area contributed by atoms with Crippen molar-refractivity contribution < 1.29 is 34.1 Å². The molecule has 0 aromatic heterocycles. The van der Waals surface area contributed by atoms with Crippen LogP contribution in [0.5, 0.6) is 11.5 Å². The minimum absolute atomic E-state index is 0.276. The van der Waals surface area contributed by atoms with E-state index in [0.717, 1.165) is 49.8 Å². The smallest absolute Gasteiger partial charge is 0.414 e. The molecular formula is C20H30N2O7. The van der Waals surface area contributed by atoms with Crippen molar-refractivity contribution in [3.63, 3.8) is 0 Å². The highest BCUT2D eigenvalue weighted by molar-refractivity contribution is 6.27. The summed E-state index contributed by atoms with van der Waals surface area (Å²) >= 11 is 0. The van der Waals surface area contributed by atoms with Gasteiger partial charge in [0.25, 0.3) is 0 Å². The van der Waals surface area contributed by atoms with Crippen molar-refractivity contribution in [2.45, 2.75) is 26.8 Å². The van der Waals surface area contributed by atoms with Gasteiger partial charge in [0, 0.05) is 44.7 Å². The van der Waals surface area contributed by atoms with Crippen LogP contribution in [-0.2, 0) is 20.9 Å². The summed E-state index contributed by atoms with van der Waals surface area (Å²) < 4.78 is 10.7. The second-order valence-electron chi connectivity index (χ2n) is 7.04. The van der Waals surface area contributed by atoms with Gasteiger partial charge in [-0.2, -0.15) is 0 Å². The van der Waals surface area contributed by atoms with Crippen LogP contribution >= 0.6 is 0 Å². The van der Waals surface area contributed by atoms with Gasteiger partial charge in [0.05, 0.1) is 14.2 Å². The highest BCUT2D eigenvalue weighted by Crippen LogP contribution is 2.25. The molecule has 1 amide bonds. The first-order valence-electron chi connectivity index (χ1n) is 9.35. The predicted molar refractivity (Wildman–Crippen MR) is 106 cm³/mol. The zero-order valence-electron chi connectivity index (χ0n) is 17.4. The fraction of sp³-hybridized carbons (Fsp3) is 0.550. The summed E-state index contributed by atoms with van der Waals surface area (Å²) in [5, 5.41) is 14.8. The molecule has 0 spiro atoms. The molecule has 1 saturated heterocycles. The number of methoxy groups -OCH3 is 2. The Kier molecular flexibility index (Phi) is 9.94. The summed E-state index contributed by atoms with van der Waals surface area (Å²) in [6, 6.07) is 5.87. The summed E-state index contributed by atoms with van der Waals surface area (Å²) in [5.41, 5.74) is 1.12. The van der Waals surface area contributed by atoms with E-state index < -0.39 is 11.9 Å². The van der Waals surface area contributed by atoms with Crippen LogP contribution in [0.15, 0.2) is 18.2 Å². The quantitative estimate of drug-likeness (QED) is 0.679. The van der Waals surface area contributed by atoms with Crippen LogP contribution in [0, 0.1) is 5.92 Å². The Hall–Kier alpha value is -2.81. The Morgan fingerprint density at radius 3 is 2.03 bits per heavy atom. The highest BCUT2D eigenvalue weighted by atomic mass is 16.5. The Labute approximate surface area is 170 Å². The van der Waals surface area contributed by atoms with E-state index in [1.54, 1.807) is 14.2 Å². The van der Waals surface area contributed by atoms with Gasteiger partial charge in [-0.1, -0.05) is 13.8 Å². The Morgan fingerprint density at radius 1 is 1.00 bits per heavy atom. The summed E-state index contributed by atoms with van der Waals surface area (Å²) in [6.07, 6.45) is 0.643. The molecule has 1 aliphatic rings. The van der Waals surface area contributed by atoms with Crippen molar-refractivity contribution in [3.8, 4) is 11.5 Å². The van der Waals surface area contributed by atoms with Crippen LogP contribution in [0.3, 0.4) is 0 Å². The standard InChI is InChI=1S/C18H28N2O3.C2H2O4/c1-14(2)11-18(21)20-9-7-19(8-10-20)13-15-12-16(22-3)5-6-17(15)23-4;3-1(4)2(5)6/h5-6,12,14H,7-11,13H2,1-4H3;(H,3,4)(H,5,6). The van der Waals surface area contributed by atoms with Gasteiger partial charge in [0.2, 0.25) is 5.91 Å². The van der Waals surface area contributed by atoms with Crippen molar-refractivity contribution in [3.05, 3.63) is 23.8 Å². The molecule has 162 valence electrons. The molecule has 1 fully saturated rings. The zero-order chi connectivity index (χ0) is 22.0. The van der Waals surface area contributed by atoms with Gasteiger partial charge in [0.1, 0.15) is 11.5 Å². The van der Waals surface area contributed by atoms with Crippen LogP contribution in [0.4, 0.5) is 0 Å². The molecule has 1 aliphatic heterocycles. The lowest BCUT2D eigenvalue weighted by molar-refractivity contribution is -0.159. The number of ether oxygens (including phenoxy) is 2. The number of rotatable bonds is 6. The van der Waals surface area contributed by atoms with Gasteiger partial charge in [-0.3, -0.25) is 9.69 Å². The molecule has 2 rings (SSSR count). The van der Waals surface area contributed by atoms with Crippen LogP contribution in [0.1, 0.15) is 25.8 Å². The van der Waals surface area contributed by atoms with E-state index in [4.69, 9.17) is 29.3 Å². The molecule has 0 radical (unpaired) electrons. The third kappa shape index (κ3) is 8.39. The highest BCUT2D eigenvalue weighted by Gasteiger charge is 2.22. The van der Waals surface area contributed by atoms with E-state index in [-0.39, 0.29) is 5.91 Å². The Balaban J connectivity index is 0.000000612. The van der Waals surface area contributed by atoms with Crippen LogP contribution < -0.4 is 9.47 Å². The Morgan fingerprint density at radius 2 is 1.59 bits per heavy atom. The maximum Gasteiger partial charge on any atom is 0.414 e. The number of nitrogens with zero attached hydrogens (tertiary/aromatic N) is 2. The minimum Gasteiger partial charge on any atom is -0.497 e. The normalized spacial score (nSPS) is 14.0. The fourth-order valence-corrected chi connectivity index (χ4v) is 2.88. The molecule has 9 heteroatoms. The summed E-state index contributed by atoms with van der Waals surface area (Å²) in [5.74, 6) is -1.24. The van der Waals surface area contributed by atoms with Crippen molar-refractivity contribution in [2.24, 2.45) is 5.92 Å². The molecule has 29 heavy (non-hydrogen) atoms. The van der Waals surface area contributed by atoms with Gasteiger partial charge in [-0.05, 0) is 24.1 Å². The van der Waals surface area contributed by atoms with E-state index >= 15 is 0 Å². The third-order valence-corrected chi connectivity index (χ3v) is 4.37. The maximum absolute atomic E-state index is 12.1. The molecule has 0 bridgehead atoms. The number of benzene rings is 1. The van der Waals surface area contributed by atoms with Crippen molar-refractivity contribution >= 4 is 17.8 Å². The minimum atomic E-state index is -1.82. The SMILES string of the molecule is COc1ccc(OC)c(CN2CCN(C(=O)CC(C)C)CC2)c1.O=C(O)C(=O)O. The molecule has 9 nitrogen and oxygen atoms in total. The van der Waals surface area contributed by atoms with Gasteiger partial charge in [-0.15, -0.1) is 0 Å². The number of amides is 1. The van der Waals surface area contributed by atoms with Crippen LogP contribution in [0.2, 0.25) is 0 Å². The molecule has 2 N–H and O–H groups in total. The third-order valence-electron chi connectivity index (χ3n) is 4.37. The number of piperazine rings is 1. The molecular weight excluding hydrogens is 380 g/mol. The predicted octanol–water partition coefficient (Wildman–Crippen LogP) is 1.55. The van der Waals surface area contributed by atoms with Gasteiger partial charge in [0.15, 0.2) is 0 Å². The van der Waals surface area contributed by atoms with Crippen molar-refractivity contribution in [2.75, 3.05) is 40.4 Å². The Bertz CT molecular complexity index is 686. The lowest BCUT2D eigenvalue weighted by atomic mass is 10.1. The molecule has 0 saturated carbocycles. The second kappa shape index (κ2) is 11.9. The summed E-state index contributed by atoms with van der Waals surface area (Å²) in [7, 11) is 3.36. The van der Waals surface area contributed by atoms with E-state index in [1.807, 2.05) is 23.1 Å². The first-order valence-corrected chi connectivity index (χ1v) is 9.35. The number of carboxylic acids is 2. The molecule has 1 aromatic rings. The van der Waals surface area contributed by atoms with E-state index in [0.29, 0.717) is 12.3 Å². The van der Waals surface area contributed by atoms with Crippen LogP contribution in [-0.4, -0.2) is 78.3 Å². The first-order chi connectivity index (χ1) is 13.7. The average molecular weight is 410 g/mol. The van der Waals surface area contributed by atoms with E-state index in [2.05, 4.69) is 18.7 Å². The molecule has 0 atom stereocenters. The number of hydrogen-bond donors (Lipinski definition) is 2. The lowest BCUT2D eigenvalue weighted by Crippen LogP contribution is -2.48. The number of carboxylic acid groups (broad SMARTS) is 2. The average Bonchev–Trinajstić information content (AvgIpc) is 2.68. The summed E-state index contributed by atoms with van der Waals surface area (Å²) in [6.45, 7) is 8.38. The second-order valence-corrected chi connectivity index (χ2v) is 7.04. The van der Waals surface area contributed by atoms with Crippen molar-refractivity contribution in [1.82, 2.24) is 9.80 Å². The van der Waals surface area contributed by atoms with Crippen LogP contribution in [0.25, 0.3) is 0 Å². The largest absolute Gasteiger partial charge is 0.497 e. The lowest BCUT2D eigenvalue weighted by Gasteiger charge is -2.35. The van der Waals surface area contributed by atoms with Gasteiger partial charge >= 0.3 is 11.9 Å². The van der Waals surface area contributed by atoms with Crippen molar-refractivity contribution in [1.29, 1.82) is 0 Å². The van der Waals surface area contributed by atoms with E-state index in [9.17, 15) is 4.79 Å². The van der Waals surface area contributed by atoms with Gasteiger partial charge in [-0.25, -0.2) is 9.59 Å². The fourth-order valence-electron chi connectivity index (χ4n) is 2.88. The maximum atomic E-state index is 12.1. The molecule has 1 aromatic carbocycles. The molecule has 0 aliphatic carbocycles. The number of carbonyl (C=O) groups is 3. The monoisotopic (exact) mass is 410 g/mol. The molecule has 1 heterocycles. The summed E-state index contributed by atoms with van der Waals surface area (Å²) in [4.78, 5) is 34.7.